The lowest BCUT2D eigenvalue weighted by atomic mass is 10.1. The molecular formula is C20H16N2OS. The maximum absolute atomic E-state index is 13.0. The van der Waals surface area contributed by atoms with E-state index in [-0.39, 0.29) is 5.56 Å². The molecule has 4 aromatic rings. The SMILES string of the molecule is Cc1ccc(C)c(-n2cnc3c(-c4ccccc4)csc3c2=O)c1. The van der Waals surface area contributed by atoms with Crippen LogP contribution in [0.25, 0.3) is 27.0 Å². The Balaban J connectivity index is 1.95. The Bertz CT molecular complexity index is 1090. The minimum atomic E-state index is -0.0131. The van der Waals surface area contributed by atoms with Crippen LogP contribution < -0.4 is 5.56 Å². The summed E-state index contributed by atoms with van der Waals surface area (Å²) >= 11 is 1.46. The zero-order valence-electron chi connectivity index (χ0n) is 13.5. The molecule has 0 aliphatic heterocycles. The summed E-state index contributed by atoms with van der Waals surface area (Å²) in [6.45, 7) is 4.04. The van der Waals surface area contributed by atoms with Gasteiger partial charge in [0.05, 0.1) is 11.2 Å². The molecule has 0 atom stereocenters. The average Bonchev–Trinajstić information content (AvgIpc) is 3.03. The quantitative estimate of drug-likeness (QED) is 0.532. The molecule has 0 unspecified atom stereocenters. The zero-order chi connectivity index (χ0) is 16.7. The number of thiophene rings is 1. The molecule has 2 aromatic heterocycles. The van der Waals surface area contributed by atoms with Crippen molar-refractivity contribution in [1.82, 2.24) is 9.55 Å². The fourth-order valence-corrected chi connectivity index (χ4v) is 3.84. The summed E-state index contributed by atoms with van der Waals surface area (Å²) in [6, 6.07) is 16.2. The number of rotatable bonds is 2. The van der Waals surface area contributed by atoms with Gasteiger partial charge in [0.2, 0.25) is 0 Å². The van der Waals surface area contributed by atoms with Gasteiger partial charge in [-0.05, 0) is 36.6 Å². The number of hydrogen-bond acceptors (Lipinski definition) is 3. The molecule has 0 aliphatic rings. The van der Waals surface area contributed by atoms with Gasteiger partial charge in [-0.15, -0.1) is 11.3 Å². The molecule has 0 N–H and O–H groups in total. The molecular weight excluding hydrogens is 316 g/mol. The second-order valence-corrected chi connectivity index (χ2v) is 6.78. The molecule has 2 aromatic carbocycles. The average molecular weight is 332 g/mol. The van der Waals surface area contributed by atoms with Gasteiger partial charge in [-0.3, -0.25) is 9.36 Å². The Morgan fingerprint density at radius 3 is 2.62 bits per heavy atom. The highest BCUT2D eigenvalue weighted by Crippen LogP contribution is 2.30. The van der Waals surface area contributed by atoms with Gasteiger partial charge in [-0.1, -0.05) is 42.5 Å². The summed E-state index contributed by atoms with van der Waals surface area (Å²) < 4.78 is 2.34. The third-order valence-corrected chi connectivity index (χ3v) is 5.15. The number of aryl methyl sites for hydroxylation is 2. The van der Waals surface area contributed by atoms with Crippen LogP contribution >= 0.6 is 11.3 Å². The smallest absolute Gasteiger partial charge is 0.267 e. The molecule has 0 radical (unpaired) electrons. The van der Waals surface area contributed by atoms with E-state index >= 15 is 0 Å². The van der Waals surface area contributed by atoms with Crippen LogP contribution in [0.4, 0.5) is 0 Å². The Kier molecular flexibility index (Phi) is 3.54. The highest BCUT2D eigenvalue weighted by atomic mass is 32.1. The van der Waals surface area contributed by atoms with Crippen molar-refractivity contribution in [1.29, 1.82) is 0 Å². The van der Waals surface area contributed by atoms with E-state index in [4.69, 9.17) is 0 Å². The van der Waals surface area contributed by atoms with E-state index in [9.17, 15) is 4.79 Å². The van der Waals surface area contributed by atoms with E-state index in [2.05, 4.69) is 11.1 Å². The van der Waals surface area contributed by atoms with Crippen molar-refractivity contribution in [3.63, 3.8) is 0 Å². The van der Waals surface area contributed by atoms with Crippen molar-refractivity contribution >= 4 is 21.6 Å². The fourth-order valence-electron chi connectivity index (χ4n) is 2.88. The van der Waals surface area contributed by atoms with Crippen LogP contribution in [-0.4, -0.2) is 9.55 Å². The molecule has 118 valence electrons. The highest BCUT2D eigenvalue weighted by molar-refractivity contribution is 7.17. The first-order chi connectivity index (χ1) is 11.6. The van der Waals surface area contributed by atoms with Gasteiger partial charge < -0.3 is 0 Å². The van der Waals surface area contributed by atoms with Crippen LogP contribution in [0, 0.1) is 13.8 Å². The molecule has 0 saturated carbocycles. The van der Waals surface area contributed by atoms with Crippen molar-refractivity contribution in [3.8, 4) is 16.8 Å². The minimum Gasteiger partial charge on any atom is -0.267 e. The van der Waals surface area contributed by atoms with E-state index in [0.29, 0.717) is 4.70 Å². The maximum Gasteiger partial charge on any atom is 0.275 e. The maximum atomic E-state index is 13.0. The number of nitrogens with zero attached hydrogens (tertiary/aromatic N) is 2. The van der Waals surface area contributed by atoms with Crippen molar-refractivity contribution in [2.75, 3.05) is 0 Å². The first kappa shape index (κ1) is 14.8. The van der Waals surface area contributed by atoms with Gasteiger partial charge in [-0.25, -0.2) is 4.98 Å². The zero-order valence-corrected chi connectivity index (χ0v) is 14.3. The summed E-state index contributed by atoms with van der Waals surface area (Å²) in [5, 5.41) is 2.02. The summed E-state index contributed by atoms with van der Waals surface area (Å²) in [5.41, 5.74) is 5.94. The molecule has 0 spiro atoms. The summed E-state index contributed by atoms with van der Waals surface area (Å²) in [5.74, 6) is 0. The standard InChI is InChI=1S/C20H16N2OS/c1-13-8-9-14(2)17(10-13)22-12-21-18-16(11-24-19(18)20(22)23)15-6-4-3-5-7-15/h3-12H,1-2H3. The lowest BCUT2D eigenvalue weighted by Gasteiger charge is -2.10. The topological polar surface area (TPSA) is 34.9 Å². The van der Waals surface area contributed by atoms with Gasteiger partial charge in [-0.2, -0.15) is 0 Å². The van der Waals surface area contributed by atoms with E-state index in [0.717, 1.165) is 33.5 Å². The summed E-state index contributed by atoms with van der Waals surface area (Å²) in [7, 11) is 0. The molecule has 24 heavy (non-hydrogen) atoms. The Hall–Kier alpha value is -2.72. The Morgan fingerprint density at radius 1 is 1.04 bits per heavy atom. The number of fused-ring (bicyclic) bond motifs is 1. The lowest BCUT2D eigenvalue weighted by Crippen LogP contribution is -2.18. The van der Waals surface area contributed by atoms with Crippen LogP contribution in [0.5, 0.6) is 0 Å². The molecule has 0 amide bonds. The minimum absolute atomic E-state index is 0.0131. The molecule has 4 heteroatoms. The van der Waals surface area contributed by atoms with Crippen molar-refractivity contribution < 1.29 is 0 Å². The monoisotopic (exact) mass is 332 g/mol. The normalized spacial score (nSPS) is 11.1. The van der Waals surface area contributed by atoms with Gasteiger partial charge in [0.15, 0.2) is 0 Å². The van der Waals surface area contributed by atoms with E-state index in [1.807, 2.05) is 61.7 Å². The molecule has 2 heterocycles. The Labute approximate surface area is 143 Å². The van der Waals surface area contributed by atoms with E-state index in [1.165, 1.54) is 11.3 Å². The third-order valence-electron chi connectivity index (χ3n) is 4.19. The van der Waals surface area contributed by atoms with Gasteiger partial charge in [0, 0.05) is 10.9 Å². The number of hydrogen-bond donors (Lipinski definition) is 0. The molecule has 0 aliphatic carbocycles. The number of benzene rings is 2. The molecule has 0 bridgehead atoms. The van der Waals surface area contributed by atoms with Crippen LogP contribution in [0.15, 0.2) is 65.0 Å². The van der Waals surface area contributed by atoms with Crippen LogP contribution in [0.3, 0.4) is 0 Å². The Morgan fingerprint density at radius 2 is 1.83 bits per heavy atom. The predicted octanol–water partition coefficient (Wildman–Crippen LogP) is 4.73. The largest absolute Gasteiger partial charge is 0.275 e. The van der Waals surface area contributed by atoms with Gasteiger partial charge >= 0.3 is 0 Å². The van der Waals surface area contributed by atoms with Crippen LogP contribution in [0.1, 0.15) is 11.1 Å². The van der Waals surface area contributed by atoms with Crippen molar-refractivity contribution in [2.45, 2.75) is 13.8 Å². The highest BCUT2D eigenvalue weighted by Gasteiger charge is 2.14. The second-order valence-electron chi connectivity index (χ2n) is 5.90. The predicted molar refractivity (Wildman–Crippen MR) is 100 cm³/mol. The summed E-state index contributed by atoms with van der Waals surface area (Å²) in [6.07, 6.45) is 1.64. The summed E-state index contributed by atoms with van der Waals surface area (Å²) in [4.78, 5) is 17.6. The third kappa shape index (κ3) is 2.36. The molecule has 4 rings (SSSR count). The fraction of sp³-hybridized carbons (Fsp3) is 0.100. The van der Waals surface area contributed by atoms with Crippen LogP contribution in [-0.2, 0) is 0 Å². The van der Waals surface area contributed by atoms with E-state index < -0.39 is 0 Å². The van der Waals surface area contributed by atoms with Crippen LogP contribution in [0.2, 0.25) is 0 Å². The molecule has 0 fully saturated rings. The van der Waals surface area contributed by atoms with E-state index in [1.54, 1.807) is 10.9 Å². The van der Waals surface area contributed by atoms with Gasteiger partial charge in [0.1, 0.15) is 11.0 Å². The number of aromatic nitrogens is 2. The second kappa shape index (κ2) is 5.73. The van der Waals surface area contributed by atoms with Crippen molar-refractivity contribution in [3.05, 3.63) is 81.7 Å². The molecule has 0 saturated heterocycles. The van der Waals surface area contributed by atoms with Gasteiger partial charge in [0.25, 0.3) is 5.56 Å². The first-order valence-electron chi connectivity index (χ1n) is 7.77. The first-order valence-corrected chi connectivity index (χ1v) is 8.65. The molecule has 3 nitrogen and oxygen atoms in total. The lowest BCUT2D eigenvalue weighted by molar-refractivity contribution is 0.954. The van der Waals surface area contributed by atoms with Crippen molar-refractivity contribution in [2.24, 2.45) is 0 Å².